The average Bonchev–Trinajstić information content (AvgIpc) is 3.00. The maximum atomic E-state index is 12.1. The van der Waals surface area contributed by atoms with Gasteiger partial charge in [-0.1, -0.05) is 17.3 Å². The topological polar surface area (TPSA) is 76.8 Å². The van der Waals surface area contributed by atoms with Crippen molar-refractivity contribution in [3.63, 3.8) is 0 Å². The van der Waals surface area contributed by atoms with Gasteiger partial charge in [-0.3, -0.25) is 9.69 Å². The van der Waals surface area contributed by atoms with E-state index < -0.39 is 0 Å². The van der Waals surface area contributed by atoms with Crippen LogP contribution >= 0.6 is 0 Å². The van der Waals surface area contributed by atoms with Crippen LogP contribution in [-0.2, 0) is 16.0 Å². The van der Waals surface area contributed by atoms with E-state index in [4.69, 9.17) is 14.0 Å². The minimum absolute atomic E-state index is 0.0583. The molecule has 1 aromatic carbocycles. The summed E-state index contributed by atoms with van der Waals surface area (Å²) in [6.45, 7) is 4.16. The first kappa shape index (κ1) is 17.4. The molecular formula is C18H23N3O4. The van der Waals surface area contributed by atoms with Gasteiger partial charge in [0.05, 0.1) is 26.4 Å². The van der Waals surface area contributed by atoms with E-state index in [1.807, 2.05) is 18.2 Å². The summed E-state index contributed by atoms with van der Waals surface area (Å²) in [5.74, 6) is 1.85. The van der Waals surface area contributed by atoms with E-state index in [0.29, 0.717) is 31.3 Å². The van der Waals surface area contributed by atoms with E-state index in [1.165, 1.54) is 0 Å². The number of hydrogen-bond acceptors (Lipinski definition) is 6. The number of benzene rings is 1. The van der Waals surface area contributed by atoms with Gasteiger partial charge in [-0.25, -0.2) is 0 Å². The maximum Gasteiger partial charge on any atom is 0.239 e. The predicted molar refractivity (Wildman–Crippen MR) is 92.7 cm³/mol. The number of nitrogens with zero attached hydrogens (tertiary/aromatic N) is 2. The Morgan fingerprint density at radius 2 is 2.32 bits per heavy atom. The number of carbonyl (C=O) groups is 1. The molecule has 1 aromatic heterocycles. The number of aryl methyl sites for hydroxylation is 1. The predicted octanol–water partition coefficient (Wildman–Crippen LogP) is 1.87. The van der Waals surface area contributed by atoms with Crippen LogP contribution < -0.4 is 10.1 Å². The molecule has 1 aliphatic heterocycles. The lowest BCUT2D eigenvalue weighted by Crippen LogP contribution is -2.46. The zero-order chi connectivity index (χ0) is 17.6. The number of ether oxygens (including phenoxy) is 2. The highest BCUT2D eigenvalue weighted by Gasteiger charge is 2.23. The molecule has 25 heavy (non-hydrogen) atoms. The van der Waals surface area contributed by atoms with Gasteiger partial charge in [0.2, 0.25) is 5.91 Å². The van der Waals surface area contributed by atoms with E-state index in [-0.39, 0.29) is 12.0 Å². The van der Waals surface area contributed by atoms with Gasteiger partial charge in [0.25, 0.3) is 0 Å². The van der Waals surface area contributed by atoms with Gasteiger partial charge in [0.15, 0.2) is 5.82 Å². The first-order valence-electron chi connectivity index (χ1n) is 8.32. The second-order valence-electron chi connectivity index (χ2n) is 6.15. The molecule has 7 heteroatoms. The fourth-order valence-corrected chi connectivity index (χ4v) is 2.92. The van der Waals surface area contributed by atoms with Crippen LogP contribution in [0.3, 0.4) is 0 Å². The average molecular weight is 345 g/mol. The zero-order valence-corrected chi connectivity index (χ0v) is 14.5. The van der Waals surface area contributed by atoms with Gasteiger partial charge < -0.3 is 19.3 Å². The number of anilines is 1. The van der Waals surface area contributed by atoms with Gasteiger partial charge in [-0.15, -0.1) is 0 Å². The van der Waals surface area contributed by atoms with Crippen LogP contribution in [0.4, 0.5) is 5.82 Å². The van der Waals surface area contributed by atoms with Crippen molar-refractivity contribution in [3.05, 3.63) is 41.7 Å². The highest BCUT2D eigenvalue weighted by molar-refractivity contribution is 5.91. The molecular weight excluding hydrogens is 322 g/mol. The summed E-state index contributed by atoms with van der Waals surface area (Å²) in [6, 6.07) is 9.67. The third-order valence-corrected chi connectivity index (χ3v) is 4.08. The normalized spacial score (nSPS) is 18.1. The molecule has 1 saturated heterocycles. The summed E-state index contributed by atoms with van der Waals surface area (Å²) in [6.07, 6.45) is 0.848. The first-order chi connectivity index (χ1) is 12.1. The van der Waals surface area contributed by atoms with Crippen molar-refractivity contribution in [2.75, 3.05) is 38.7 Å². The third-order valence-electron chi connectivity index (χ3n) is 4.08. The number of hydrogen-bond donors (Lipinski definition) is 1. The molecule has 0 radical (unpaired) electrons. The minimum Gasteiger partial charge on any atom is -0.497 e. The maximum absolute atomic E-state index is 12.1. The first-order valence-corrected chi connectivity index (χ1v) is 8.32. The molecule has 0 bridgehead atoms. The fraction of sp³-hybridized carbons (Fsp3) is 0.444. The quantitative estimate of drug-likeness (QED) is 0.861. The molecule has 1 atom stereocenters. The van der Waals surface area contributed by atoms with E-state index >= 15 is 0 Å². The van der Waals surface area contributed by atoms with Crippen LogP contribution in [0.15, 0.2) is 34.9 Å². The Morgan fingerprint density at radius 3 is 3.08 bits per heavy atom. The standard InChI is InChI=1S/C18H23N3O4/c1-13-8-17(20-25-13)19-18(22)12-21-6-7-24-16(11-21)10-14-4-3-5-15(9-14)23-2/h3-5,8-9,16H,6-7,10-12H2,1-2H3,(H,19,20,22). The van der Waals surface area contributed by atoms with Crippen molar-refractivity contribution in [1.29, 1.82) is 0 Å². The van der Waals surface area contributed by atoms with Gasteiger partial charge in [0.1, 0.15) is 11.5 Å². The van der Waals surface area contributed by atoms with Crippen molar-refractivity contribution in [3.8, 4) is 5.75 Å². The lowest BCUT2D eigenvalue weighted by molar-refractivity contribution is -0.119. The Balaban J connectivity index is 1.51. The smallest absolute Gasteiger partial charge is 0.239 e. The summed E-state index contributed by atoms with van der Waals surface area (Å²) in [5, 5.41) is 6.52. The number of carbonyl (C=O) groups excluding carboxylic acids is 1. The molecule has 1 aliphatic rings. The SMILES string of the molecule is COc1cccc(CC2CN(CC(=O)Nc3cc(C)on3)CCO2)c1. The number of amides is 1. The molecule has 0 spiro atoms. The van der Waals surface area contributed by atoms with E-state index in [9.17, 15) is 4.79 Å². The van der Waals surface area contributed by atoms with Crippen molar-refractivity contribution in [2.45, 2.75) is 19.4 Å². The molecule has 1 N–H and O–H groups in total. The lowest BCUT2D eigenvalue weighted by Gasteiger charge is -2.32. The van der Waals surface area contributed by atoms with Crippen LogP contribution in [0.25, 0.3) is 0 Å². The van der Waals surface area contributed by atoms with Crippen LogP contribution in [0.5, 0.6) is 5.75 Å². The second kappa shape index (κ2) is 8.13. The largest absolute Gasteiger partial charge is 0.497 e. The van der Waals surface area contributed by atoms with Gasteiger partial charge in [0, 0.05) is 25.6 Å². The Bertz CT molecular complexity index is 716. The van der Waals surface area contributed by atoms with Crippen LogP contribution in [-0.4, -0.2) is 55.4 Å². The van der Waals surface area contributed by atoms with Crippen LogP contribution in [0.1, 0.15) is 11.3 Å². The van der Waals surface area contributed by atoms with E-state index in [1.54, 1.807) is 20.1 Å². The molecule has 1 fully saturated rings. The third kappa shape index (κ3) is 5.04. The van der Waals surface area contributed by atoms with Gasteiger partial charge >= 0.3 is 0 Å². The Hall–Kier alpha value is -2.38. The van der Waals surface area contributed by atoms with Crippen molar-refractivity contribution in [1.82, 2.24) is 10.1 Å². The van der Waals surface area contributed by atoms with Crippen LogP contribution in [0, 0.1) is 6.92 Å². The molecule has 0 saturated carbocycles. The number of aromatic nitrogens is 1. The summed E-state index contributed by atoms with van der Waals surface area (Å²) in [5.41, 5.74) is 1.16. The Morgan fingerprint density at radius 1 is 1.44 bits per heavy atom. The summed E-state index contributed by atoms with van der Waals surface area (Å²) in [4.78, 5) is 14.2. The summed E-state index contributed by atoms with van der Waals surface area (Å²) >= 11 is 0. The highest BCUT2D eigenvalue weighted by Crippen LogP contribution is 2.17. The van der Waals surface area contributed by atoms with E-state index in [2.05, 4.69) is 21.4 Å². The summed E-state index contributed by atoms with van der Waals surface area (Å²) < 4.78 is 16.1. The Kier molecular flexibility index (Phi) is 5.67. The second-order valence-corrected chi connectivity index (χ2v) is 6.15. The number of rotatable bonds is 6. The molecule has 7 nitrogen and oxygen atoms in total. The van der Waals surface area contributed by atoms with Crippen molar-refractivity contribution < 1.29 is 18.8 Å². The van der Waals surface area contributed by atoms with E-state index in [0.717, 1.165) is 24.3 Å². The number of morpholine rings is 1. The monoisotopic (exact) mass is 345 g/mol. The highest BCUT2D eigenvalue weighted by atomic mass is 16.5. The molecule has 1 unspecified atom stereocenters. The number of methoxy groups -OCH3 is 1. The molecule has 2 aromatic rings. The molecule has 0 aliphatic carbocycles. The lowest BCUT2D eigenvalue weighted by atomic mass is 10.1. The Labute approximate surface area is 146 Å². The van der Waals surface area contributed by atoms with Gasteiger partial charge in [-0.2, -0.15) is 0 Å². The zero-order valence-electron chi connectivity index (χ0n) is 14.5. The molecule has 2 heterocycles. The van der Waals surface area contributed by atoms with Crippen LogP contribution in [0.2, 0.25) is 0 Å². The molecule has 3 rings (SSSR count). The fourth-order valence-electron chi connectivity index (χ4n) is 2.92. The van der Waals surface area contributed by atoms with Gasteiger partial charge in [-0.05, 0) is 24.6 Å². The van der Waals surface area contributed by atoms with Crippen molar-refractivity contribution >= 4 is 11.7 Å². The minimum atomic E-state index is -0.102. The summed E-state index contributed by atoms with van der Waals surface area (Å²) in [7, 11) is 1.66. The molecule has 134 valence electrons. The van der Waals surface area contributed by atoms with Crippen molar-refractivity contribution in [2.24, 2.45) is 0 Å². The molecule has 1 amide bonds. The number of nitrogens with one attached hydrogen (secondary N) is 1.